The summed E-state index contributed by atoms with van der Waals surface area (Å²) in [5.41, 5.74) is 9.02. The molecule has 1 aromatic carbocycles. The summed E-state index contributed by atoms with van der Waals surface area (Å²) in [6, 6.07) is 8.77. The average Bonchev–Trinajstić information content (AvgIpc) is 2.46. The molecule has 0 saturated carbocycles. The third-order valence-electron chi connectivity index (χ3n) is 4.05. The zero-order valence-electron chi connectivity index (χ0n) is 12.1. The van der Waals surface area contributed by atoms with Crippen LogP contribution in [0, 0.1) is 0 Å². The molecule has 1 atom stereocenters. The van der Waals surface area contributed by atoms with Crippen molar-refractivity contribution in [2.45, 2.75) is 39.0 Å². The van der Waals surface area contributed by atoms with Crippen LogP contribution in [0.25, 0.3) is 0 Å². The fraction of sp³-hybridized carbons (Fsp3) is 0.562. The molecule has 2 N–H and O–H groups in total. The Morgan fingerprint density at radius 3 is 2.79 bits per heavy atom. The van der Waals surface area contributed by atoms with Crippen molar-refractivity contribution in [1.29, 1.82) is 0 Å². The molecule has 0 aliphatic heterocycles. The van der Waals surface area contributed by atoms with E-state index < -0.39 is 0 Å². The van der Waals surface area contributed by atoms with Gasteiger partial charge in [0, 0.05) is 25.6 Å². The van der Waals surface area contributed by atoms with E-state index in [2.05, 4.69) is 48.0 Å². The minimum Gasteiger partial charge on any atom is -0.370 e. The van der Waals surface area contributed by atoms with E-state index in [4.69, 9.17) is 5.73 Å². The Balaban J connectivity index is 2.07. The molecule has 1 unspecified atom stereocenters. The standard InChI is InChI=1S/C16H25N3/c1-3-19(4-2)16(17)18-12-14-10-7-9-13-8-5-6-11-15(13)14/h5-6,8,11,14H,3-4,7,9-10,12H2,1-2H3,(H2,17,18). The van der Waals surface area contributed by atoms with Gasteiger partial charge in [-0.05, 0) is 44.2 Å². The number of rotatable bonds is 4. The number of hydrogen-bond donors (Lipinski definition) is 1. The SMILES string of the molecule is CCN(CC)C(N)=NCC1CCCc2ccccc21. The van der Waals surface area contributed by atoms with Crippen molar-refractivity contribution < 1.29 is 0 Å². The van der Waals surface area contributed by atoms with Gasteiger partial charge in [-0.15, -0.1) is 0 Å². The Morgan fingerprint density at radius 2 is 2.05 bits per heavy atom. The van der Waals surface area contributed by atoms with Gasteiger partial charge >= 0.3 is 0 Å². The summed E-state index contributed by atoms with van der Waals surface area (Å²) in [6.45, 7) is 6.89. The molecular formula is C16H25N3. The van der Waals surface area contributed by atoms with Crippen molar-refractivity contribution in [3.63, 3.8) is 0 Å². The molecule has 0 heterocycles. The van der Waals surface area contributed by atoms with Gasteiger partial charge in [0.25, 0.3) is 0 Å². The predicted molar refractivity (Wildman–Crippen MR) is 81.5 cm³/mol. The minimum absolute atomic E-state index is 0.541. The van der Waals surface area contributed by atoms with Gasteiger partial charge in [0.15, 0.2) is 5.96 Å². The Bertz CT molecular complexity index is 435. The third-order valence-corrected chi connectivity index (χ3v) is 4.05. The summed E-state index contributed by atoms with van der Waals surface area (Å²) < 4.78 is 0. The lowest BCUT2D eigenvalue weighted by Crippen LogP contribution is -2.37. The molecule has 0 spiro atoms. The van der Waals surface area contributed by atoms with Gasteiger partial charge in [0.2, 0.25) is 0 Å². The van der Waals surface area contributed by atoms with E-state index in [0.29, 0.717) is 11.9 Å². The van der Waals surface area contributed by atoms with E-state index >= 15 is 0 Å². The van der Waals surface area contributed by atoms with Gasteiger partial charge in [-0.1, -0.05) is 24.3 Å². The van der Waals surface area contributed by atoms with Crippen molar-refractivity contribution in [3.05, 3.63) is 35.4 Å². The number of fused-ring (bicyclic) bond motifs is 1. The fourth-order valence-electron chi connectivity index (χ4n) is 2.90. The Kier molecular flexibility index (Phi) is 4.83. The first-order chi connectivity index (χ1) is 9.26. The number of benzene rings is 1. The molecule has 19 heavy (non-hydrogen) atoms. The molecule has 0 saturated heterocycles. The minimum atomic E-state index is 0.541. The average molecular weight is 259 g/mol. The second-order valence-corrected chi connectivity index (χ2v) is 5.16. The summed E-state index contributed by atoms with van der Waals surface area (Å²) in [4.78, 5) is 6.71. The smallest absolute Gasteiger partial charge is 0.191 e. The summed E-state index contributed by atoms with van der Waals surface area (Å²) in [5.74, 6) is 1.23. The van der Waals surface area contributed by atoms with Crippen LogP contribution in [0.4, 0.5) is 0 Å². The van der Waals surface area contributed by atoms with E-state index in [0.717, 1.165) is 19.6 Å². The van der Waals surface area contributed by atoms with Crippen LogP contribution in [-0.2, 0) is 6.42 Å². The lowest BCUT2D eigenvalue weighted by molar-refractivity contribution is 0.455. The lowest BCUT2D eigenvalue weighted by Gasteiger charge is -2.25. The Labute approximate surface area is 116 Å². The monoisotopic (exact) mass is 259 g/mol. The van der Waals surface area contributed by atoms with Crippen molar-refractivity contribution in [1.82, 2.24) is 4.90 Å². The highest BCUT2D eigenvalue weighted by Gasteiger charge is 2.19. The maximum Gasteiger partial charge on any atom is 0.191 e. The Hall–Kier alpha value is -1.51. The van der Waals surface area contributed by atoms with Crippen molar-refractivity contribution in [2.24, 2.45) is 10.7 Å². The van der Waals surface area contributed by atoms with Crippen LogP contribution in [0.1, 0.15) is 43.7 Å². The van der Waals surface area contributed by atoms with Gasteiger partial charge in [-0.2, -0.15) is 0 Å². The maximum atomic E-state index is 6.05. The summed E-state index contributed by atoms with van der Waals surface area (Å²) in [5, 5.41) is 0. The molecule has 2 rings (SSSR count). The number of nitrogens with zero attached hydrogens (tertiary/aromatic N) is 2. The van der Waals surface area contributed by atoms with Gasteiger partial charge in [-0.3, -0.25) is 4.99 Å². The molecule has 3 nitrogen and oxygen atoms in total. The topological polar surface area (TPSA) is 41.6 Å². The van der Waals surface area contributed by atoms with Gasteiger partial charge < -0.3 is 10.6 Å². The highest BCUT2D eigenvalue weighted by molar-refractivity contribution is 5.78. The van der Waals surface area contributed by atoms with Gasteiger partial charge in [0.05, 0.1) is 0 Å². The maximum absolute atomic E-state index is 6.05. The zero-order chi connectivity index (χ0) is 13.7. The predicted octanol–water partition coefficient (Wildman–Crippen LogP) is 2.76. The van der Waals surface area contributed by atoms with Crippen molar-refractivity contribution in [3.8, 4) is 0 Å². The van der Waals surface area contributed by atoms with E-state index in [1.807, 2.05) is 0 Å². The van der Waals surface area contributed by atoms with E-state index in [-0.39, 0.29) is 0 Å². The Morgan fingerprint density at radius 1 is 1.32 bits per heavy atom. The summed E-state index contributed by atoms with van der Waals surface area (Å²) in [7, 11) is 0. The highest BCUT2D eigenvalue weighted by Crippen LogP contribution is 2.31. The second kappa shape index (κ2) is 6.60. The number of aryl methyl sites for hydroxylation is 1. The molecule has 0 radical (unpaired) electrons. The molecule has 1 aromatic rings. The van der Waals surface area contributed by atoms with E-state index in [1.165, 1.54) is 30.4 Å². The molecule has 3 heteroatoms. The normalized spacial score (nSPS) is 19.1. The zero-order valence-corrected chi connectivity index (χ0v) is 12.1. The van der Waals surface area contributed by atoms with Crippen LogP contribution in [0.3, 0.4) is 0 Å². The van der Waals surface area contributed by atoms with Gasteiger partial charge in [0.1, 0.15) is 0 Å². The van der Waals surface area contributed by atoms with Gasteiger partial charge in [-0.25, -0.2) is 0 Å². The van der Waals surface area contributed by atoms with E-state index in [1.54, 1.807) is 0 Å². The molecule has 0 amide bonds. The molecule has 0 bridgehead atoms. The lowest BCUT2D eigenvalue weighted by atomic mass is 9.83. The molecular weight excluding hydrogens is 234 g/mol. The van der Waals surface area contributed by atoms with Crippen molar-refractivity contribution in [2.75, 3.05) is 19.6 Å². The van der Waals surface area contributed by atoms with E-state index in [9.17, 15) is 0 Å². The quantitative estimate of drug-likeness (QED) is 0.667. The van der Waals surface area contributed by atoms with Crippen LogP contribution in [-0.4, -0.2) is 30.5 Å². The number of nitrogens with two attached hydrogens (primary N) is 1. The summed E-state index contributed by atoms with van der Waals surface area (Å²) in [6.07, 6.45) is 3.70. The van der Waals surface area contributed by atoms with Crippen LogP contribution in [0.15, 0.2) is 29.3 Å². The number of guanidine groups is 1. The first kappa shape index (κ1) is 13.9. The van der Waals surface area contributed by atoms with Crippen LogP contribution in [0.5, 0.6) is 0 Å². The third kappa shape index (κ3) is 3.28. The van der Waals surface area contributed by atoms with Crippen LogP contribution >= 0.6 is 0 Å². The number of aliphatic imine (C=N–C) groups is 1. The molecule has 0 aromatic heterocycles. The molecule has 104 valence electrons. The molecule has 0 fully saturated rings. The highest BCUT2D eigenvalue weighted by atomic mass is 15.2. The summed E-state index contributed by atoms with van der Waals surface area (Å²) >= 11 is 0. The first-order valence-corrected chi connectivity index (χ1v) is 7.38. The molecule has 1 aliphatic carbocycles. The van der Waals surface area contributed by atoms with Crippen LogP contribution < -0.4 is 5.73 Å². The van der Waals surface area contributed by atoms with Crippen molar-refractivity contribution >= 4 is 5.96 Å². The first-order valence-electron chi connectivity index (χ1n) is 7.38. The number of hydrogen-bond acceptors (Lipinski definition) is 1. The van der Waals surface area contributed by atoms with Crippen LogP contribution in [0.2, 0.25) is 0 Å². The largest absolute Gasteiger partial charge is 0.370 e. The fourth-order valence-corrected chi connectivity index (χ4v) is 2.90. The molecule has 1 aliphatic rings. The second-order valence-electron chi connectivity index (χ2n) is 5.16.